The van der Waals surface area contributed by atoms with E-state index in [1.54, 1.807) is 36.4 Å². The minimum atomic E-state index is -1.33. The van der Waals surface area contributed by atoms with Gasteiger partial charge < -0.3 is 14.9 Å². The predicted octanol–water partition coefficient (Wildman–Crippen LogP) is 2.77. The molecule has 1 atom stereocenters. The van der Waals surface area contributed by atoms with Crippen LogP contribution in [0.4, 0.5) is 0 Å². The molecule has 7 nitrogen and oxygen atoms in total. The van der Waals surface area contributed by atoms with Gasteiger partial charge in [-0.1, -0.05) is 54.8 Å². The second-order valence-electron chi connectivity index (χ2n) is 5.48. The SMILES string of the molecule is C=CCOc1ccccc1/C=C1/SC(=S)N(C(CCC(=O)O)C(=O)O)C1=O. The molecule has 1 aromatic carbocycles. The lowest BCUT2D eigenvalue weighted by molar-refractivity contribution is -0.146. The van der Waals surface area contributed by atoms with Crippen LogP contribution in [0.15, 0.2) is 41.8 Å². The summed E-state index contributed by atoms with van der Waals surface area (Å²) in [5, 5.41) is 18.2. The van der Waals surface area contributed by atoms with Crippen LogP contribution in [-0.4, -0.2) is 49.9 Å². The Morgan fingerprint density at radius 2 is 2.04 bits per heavy atom. The van der Waals surface area contributed by atoms with E-state index < -0.39 is 23.9 Å². The molecule has 1 amide bonds. The van der Waals surface area contributed by atoms with Crippen LogP contribution in [0.3, 0.4) is 0 Å². The summed E-state index contributed by atoms with van der Waals surface area (Å²) in [5.74, 6) is -2.47. The van der Waals surface area contributed by atoms with E-state index in [0.717, 1.165) is 16.7 Å². The number of thioether (sulfide) groups is 1. The van der Waals surface area contributed by atoms with Crippen molar-refractivity contribution in [2.24, 2.45) is 0 Å². The number of rotatable bonds is 9. The summed E-state index contributed by atoms with van der Waals surface area (Å²) >= 11 is 6.13. The summed E-state index contributed by atoms with van der Waals surface area (Å²) < 4.78 is 5.62. The molecule has 142 valence electrons. The fraction of sp³-hybridized carbons (Fsp3) is 0.222. The molecule has 27 heavy (non-hydrogen) atoms. The molecule has 2 N–H and O–H groups in total. The van der Waals surface area contributed by atoms with E-state index in [0.29, 0.717) is 17.9 Å². The van der Waals surface area contributed by atoms with Crippen molar-refractivity contribution in [2.75, 3.05) is 6.61 Å². The van der Waals surface area contributed by atoms with Crippen molar-refractivity contribution in [2.45, 2.75) is 18.9 Å². The van der Waals surface area contributed by atoms with E-state index in [1.165, 1.54) is 0 Å². The quantitative estimate of drug-likeness (QED) is 0.366. The number of carboxylic acid groups (broad SMARTS) is 2. The normalized spacial score (nSPS) is 16.4. The van der Waals surface area contributed by atoms with Crippen LogP contribution >= 0.6 is 24.0 Å². The summed E-state index contributed by atoms with van der Waals surface area (Å²) in [7, 11) is 0. The van der Waals surface area contributed by atoms with Crippen molar-refractivity contribution in [3.05, 3.63) is 47.4 Å². The van der Waals surface area contributed by atoms with Crippen molar-refractivity contribution < 1.29 is 29.3 Å². The maximum absolute atomic E-state index is 12.7. The number of ether oxygens (including phenoxy) is 1. The molecule has 0 radical (unpaired) electrons. The van der Waals surface area contributed by atoms with Gasteiger partial charge in [-0.05, 0) is 18.6 Å². The molecule has 1 saturated heterocycles. The van der Waals surface area contributed by atoms with Crippen molar-refractivity contribution in [1.82, 2.24) is 4.90 Å². The maximum Gasteiger partial charge on any atom is 0.326 e. The van der Waals surface area contributed by atoms with Gasteiger partial charge in [0.15, 0.2) is 0 Å². The van der Waals surface area contributed by atoms with Crippen LogP contribution in [-0.2, 0) is 14.4 Å². The lowest BCUT2D eigenvalue weighted by atomic mass is 10.1. The zero-order chi connectivity index (χ0) is 20.0. The molecule has 0 saturated carbocycles. The highest BCUT2D eigenvalue weighted by Crippen LogP contribution is 2.36. The molecule has 1 fully saturated rings. The molecule has 1 aromatic rings. The van der Waals surface area contributed by atoms with Gasteiger partial charge in [-0.3, -0.25) is 14.5 Å². The van der Waals surface area contributed by atoms with Gasteiger partial charge in [0.2, 0.25) is 0 Å². The summed E-state index contributed by atoms with van der Waals surface area (Å²) in [6.45, 7) is 3.88. The second kappa shape index (κ2) is 9.33. The molecule has 0 aromatic heterocycles. The first-order valence-electron chi connectivity index (χ1n) is 7.89. The third-order valence-corrected chi connectivity index (χ3v) is 4.94. The number of nitrogens with zero attached hydrogens (tertiary/aromatic N) is 1. The third-order valence-electron chi connectivity index (χ3n) is 3.61. The number of hydrogen-bond donors (Lipinski definition) is 2. The van der Waals surface area contributed by atoms with Crippen LogP contribution in [0.1, 0.15) is 18.4 Å². The summed E-state index contributed by atoms with van der Waals surface area (Å²) in [6, 6.07) is 5.73. The fourth-order valence-corrected chi connectivity index (χ4v) is 3.74. The first kappa shape index (κ1) is 20.7. The molecular formula is C18H17NO6S2. The summed E-state index contributed by atoms with van der Waals surface area (Å²) in [5.41, 5.74) is 0.636. The highest BCUT2D eigenvalue weighted by atomic mass is 32.2. The molecule has 1 unspecified atom stereocenters. The number of hydrogen-bond acceptors (Lipinski definition) is 6. The van der Waals surface area contributed by atoms with E-state index in [9.17, 15) is 19.5 Å². The van der Waals surface area contributed by atoms with Crippen LogP contribution in [0, 0.1) is 0 Å². The second-order valence-corrected chi connectivity index (χ2v) is 7.15. The molecule has 2 rings (SSSR count). The Labute approximate surface area is 165 Å². The molecule has 0 bridgehead atoms. The Balaban J connectivity index is 2.29. The van der Waals surface area contributed by atoms with Crippen molar-refractivity contribution in [3.8, 4) is 5.75 Å². The number of aliphatic carboxylic acids is 2. The number of carbonyl (C=O) groups excluding carboxylic acids is 1. The Morgan fingerprint density at radius 1 is 1.33 bits per heavy atom. The van der Waals surface area contributed by atoms with Crippen molar-refractivity contribution in [1.29, 1.82) is 0 Å². The van der Waals surface area contributed by atoms with Gasteiger partial charge in [-0.2, -0.15) is 0 Å². The molecule has 0 spiro atoms. The molecule has 9 heteroatoms. The monoisotopic (exact) mass is 407 g/mol. The first-order valence-corrected chi connectivity index (χ1v) is 9.12. The Kier molecular flexibility index (Phi) is 7.14. The van der Waals surface area contributed by atoms with Crippen molar-refractivity contribution >= 4 is 52.2 Å². The largest absolute Gasteiger partial charge is 0.489 e. The van der Waals surface area contributed by atoms with Gasteiger partial charge in [0.1, 0.15) is 22.7 Å². The standard InChI is InChI=1S/C18H17NO6S2/c1-2-9-25-13-6-4-3-5-11(13)10-14-16(22)19(18(26)27-14)12(17(23)24)7-8-15(20)21/h2-6,10,12H,1,7-9H2,(H,20,21)(H,23,24)/b14-10+. The predicted molar refractivity (Wildman–Crippen MR) is 105 cm³/mol. The minimum Gasteiger partial charge on any atom is -0.489 e. The van der Waals surface area contributed by atoms with Crippen molar-refractivity contribution in [3.63, 3.8) is 0 Å². The van der Waals surface area contributed by atoms with E-state index >= 15 is 0 Å². The zero-order valence-electron chi connectivity index (χ0n) is 14.2. The average molecular weight is 407 g/mol. The number of carbonyl (C=O) groups is 3. The number of amides is 1. The molecule has 0 aliphatic carbocycles. The number of para-hydroxylation sites is 1. The maximum atomic E-state index is 12.7. The lowest BCUT2D eigenvalue weighted by Gasteiger charge is -2.22. The lowest BCUT2D eigenvalue weighted by Crippen LogP contribution is -2.44. The number of benzene rings is 1. The van der Waals surface area contributed by atoms with Gasteiger partial charge in [0.05, 0.1) is 4.91 Å². The van der Waals surface area contributed by atoms with Gasteiger partial charge in [-0.15, -0.1) is 0 Å². The van der Waals surface area contributed by atoms with E-state index in [2.05, 4.69) is 6.58 Å². The van der Waals surface area contributed by atoms with E-state index in [1.807, 2.05) is 0 Å². The van der Waals surface area contributed by atoms with Gasteiger partial charge in [0, 0.05) is 12.0 Å². The third kappa shape index (κ3) is 5.18. The van der Waals surface area contributed by atoms with Crippen LogP contribution in [0.5, 0.6) is 5.75 Å². The Morgan fingerprint density at radius 3 is 2.67 bits per heavy atom. The van der Waals surface area contributed by atoms with E-state index in [4.69, 9.17) is 22.1 Å². The summed E-state index contributed by atoms with van der Waals surface area (Å²) in [4.78, 5) is 36.2. The Bertz CT molecular complexity index is 820. The highest BCUT2D eigenvalue weighted by molar-refractivity contribution is 8.26. The minimum absolute atomic E-state index is 0.0773. The van der Waals surface area contributed by atoms with Crippen LogP contribution in [0.2, 0.25) is 0 Å². The Hall–Kier alpha value is -2.65. The topological polar surface area (TPSA) is 104 Å². The highest BCUT2D eigenvalue weighted by Gasteiger charge is 2.40. The number of carboxylic acids is 2. The van der Waals surface area contributed by atoms with Gasteiger partial charge in [-0.25, -0.2) is 4.79 Å². The number of thiocarbonyl (C=S) groups is 1. The van der Waals surface area contributed by atoms with Gasteiger partial charge >= 0.3 is 11.9 Å². The zero-order valence-corrected chi connectivity index (χ0v) is 15.8. The molecule has 1 aliphatic rings. The van der Waals surface area contributed by atoms with Crippen LogP contribution in [0.25, 0.3) is 6.08 Å². The molecule has 1 heterocycles. The molecular weight excluding hydrogens is 390 g/mol. The smallest absolute Gasteiger partial charge is 0.326 e. The first-order chi connectivity index (χ1) is 12.8. The summed E-state index contributed by atoms with van der Waals surface area (Å²) in [6.07, 6.45) is 2.55. The average Bonchev–Trinajstić information content (AvgIpc) is 2.88. The molecule has 1 aliphatic heterocycles. The fourth-order valence-electron chi connectivity index (χ4n) is 2.39. The van der Waals surface area contributed by atoms with E-state index in [-0.39, 0.29) is 22.1 Å². The van der Waals surface area contributed by atoms with Gasteiger partial charge in [0.25, 0.3) is 5.91 Å². The van der Waals surface area contributed by atoms with Crippen LogP contribution < -0.4 is 4.74 Å².